The van der Waals surface area contributed by atoms with Crippen LogP contribution in [0.15, 0.2) is 18.2 Å². The smallest absolute Gasteiger partial charge is 0.0474 e. The van der Waals surface area contributed by atoms with Crippen LogP contribution in [0.1, 0.15) is 24.1 Å². The Morgan fingerprint density at radius 1 is 1.24 bits per heavy atom. The van der Waals surface area contributed by atoms with Crippen LogP contribution in [0.2, 0.25) is 0 Å². The highest BCUT2D eigenvalue weighted by Crippen LogP contribution is 2.32. The van der Waals surface area contributed by atoms with Gasteiger partial charge in [0.1, 0.15) is 0 Å². The van der Waals surface area contributed by atoms with Gasteiger partial charge in [0.25, 0.3) is 0 Å². The summed E-state index contributed by atoms with van der Waals surface area (Å²) in [5, 5.41) is 0. The van der Waals surface area contributed by atoms with Gasteiger partial charge in [0.05, 0.1) is 0 Å². The second-order valence-corrected chi connectivity index (χ2v) is 6.66. The van der Waals surface area contributed by atoms with Crippen molar-refractivity contribution >= 4 is 5.69 Å². The summed E-state index contributed by atoms with van der Waals surface area (Å²) in [6.45, 7) is 7.52. The Morgan fingerprint density at radius 2 is 2.05 bits per heavy atom. The summed E-state index contributed by atoms with van der Waals surface area (Å²) in [5.74, 6) is 0. The zero-order valence-electron chi connectivity index (χ0n) is 13.5. The lowest BCUT2D eigenvalue weighted by Crippen LogP contribution is -2.52. The number of nitrogens with zero attached hydrogens (tertiary/aromatic N) is 3. The normalized spacial score (nSPS) is 25.1. The fraction of sp³-hybridized carbons (Fsp3) is 0.647. The molecule has 1 aromatic carbocycles. The van der Waals surface area contributed by atoms with Gasteiger partial charge in [-0.3, -0.25) is 4.90 Å². The fourth-order valence-corrected chi connectivity index (χ4v) is 3.87. The van der Waals surface area contributed by atoms with Crippen LogP contribution in [-0.2, 0) is 6.42 Å². The molecular weight excluding hydrogens is 260 g/mol. The van der Waals surface area contributed by atoms with E-state index in [1.807, 2.05) is 0 Å². The minimum atomic E-state index is 0.352. The Balaban J connectivity index is 1.83. The number of nitrogens with two attached hydrogens (primary N) is 1. The first-order valence-electron chi connectivity index (χ1n) is 8.08. The maximum absolute atomic E-state index is 6.14. The average Bonchev–Trinajstić information content (AvgIpc) is 2.83. The number of anilines is 1. The molecule has 116 valence electrons. The molecule has 0 amide bonds. The highest BCUT2D eigenvalue weighted by atomic mass is 15.3. The zero-order chi connectivity index (χ0) is 15.0. The molecule has 0 aromatic heterocycles. The average molecular weight is 288 g/mol. The van der Waals surface area contributed by atoms with Crippen molar-refractivity contribution in [3.8, 4) is 0 Å². The van der Waals surface area contributed by atoms with Crippen molar-refractivity contribution in [2.45, 2.75) is 25.4 Å². The Labute approximate surface area is 128 Å². The Morgan fingerprint density at radius 3 is 2.76 bits per heavy atom. The first kappa shape index (κ1) is 14.8. The topological polar surface area (TPSA) is 35.7 Å². The van der Waals surface area contributed by atoms with Gasteiger partial charge in [-0.1, -0.05) is 12.1 Å². The summed E-state index contributed by atoms with van der Waals surface area (Å²) in [6, 6.07) is 7.87. The van der Waals surface area contributed by atoms with Crippen LogP contribution in [0.25, 0.3) is 0 Å². The molecule has 2 unspecified atom stereocenters. The van der Waals surface area contributed by atoms with Crippen molar-refractivity contribution in [1.29, 1.82) is 0 Å². The first-order valence-corrected chi connectivity index (χ1v) is 8.08. The van der Waals surface area contributed by atoms with Crippen LogP contribution < -0.4 is 10.6 Å². The predicted octanol–water partition coefficient (Wildman–Crippen LogP) is 1.31. The molecule has 2 atom stereocenters. The summed E-state index contributed by atoms with van der Waals surface area (Å²) in [6.07, 6.45) is 1.16. The summed E-state index contributed by atoms with van der Waals surface area (Å²) >= 11 is 0. The highest BCUT2D eigenvalue weighted by molar-refractivity contribution is 5.58. The van der Waals surface area contributed by atoms with Gasteiger partial charge < -0.3 is 15.5 Å². The van der Waals surface area contributed by atoms with Gasteiger partial charge in [-0.2, -0.15) is 0 Å². The third kappa shape index (κ3) is 2.80. The molecule has 0 radical (unpaired) electrons. The molecule has 3 rings (SSSR count). The molecule has 0 bridgehead atoms. The van der Waals surface area contributed by atoms with E-state index in [-0.39, 0.29) is 0 Å². The molecule has 2 heterocycles. The highest BCUT2D eigenvalue weighted by Gasteiger charge is 2.29. The zero-order valence-corrected chi connectivity index (χ0v) is 13.5. The molecule has 0 aliphatic carbocycles. The molecule has 2 N–H and O–H groups in total. The quantitative estimate of drug-likeness (QED) is 0.910. The number of rotatable bonds is 3. The molecule has 1 aromatic rings. The number of benzene rings is 1. The first-order chi connectivity index (χ1) is 10.1. The maximum Gasteiger partial charge on any atom is 0.0474 e. The van der Waals surface area contributed by atoms with E-state index in [0.717, 1.165) is 32.6 Å². The standard InChI is InChI=1S/C17H28N4/c1-13-12-19(2)8-9-21(13)17(11-18)14-4-5-16-15(10-14)6-7-20(16)3/h4-5,10,13,17H,6-9,11-12,18H2,1-3H3. The van der Waals surface area contributed by atoms with Gasteiger partial charge in [-0.15, -0.1) is 0 Å². The van der Waals surface area contributed by atoms with E-state index in [9.17, 15) is 0 Å². The second kappa shape index (κ2) is 5.95. The minimum absolute atomic E-state index is 0.352. The molecule has 1 fully saturated rings. The molecule has 21 heavy (non-hydrogen) atoms. The van der Waals surface area contributed by atoms with Crippen LogP contribution in [0.3, 0.4) is 0 Å². The van der Waals surface area contributed by atoms with Gasteiger partial charge in [0, 0.05) is 57.5 Å². The van der Waals surface area contributed by atoms with Crippen LogP contribution in [0.4, 0.5) is 5.69 Å². The SMILES string of the molecule is CC1CN(C)CCN1C(CN)c1ccc2c(c1)CCN2C. The molecule has 0 saturated carbocycles. The fourth-order valence-electron chi connectivity index (χ4n) is 3.87. The molecule has 2 aliphatic rings. The van der Waals surface area contributed by atoms with Crippen LogP contribution in [-0.4, -0.2) is 62.7 Å². The summed E-state index contributed by atoms with van der Waals surface area (Å²) in [5.41, 5.74) is 10.4. The van der Waals surface area contributed by atoms with Crippen molar-refractivity contribution in [1.82, 2.24) is 9.80 Å². The van der Waals surface area contributed by atoms with Gasteiger partial charge in [0.15, 0.2) is 0 Å². The van der Waals surface area contributed by atoms with Crippen LogP contribution in [0.5, 0.6) is 0 Å². The van der Waals surface area contributed by atoms with Crippen molar-refractivity contribution in [2.75, 3.05) is 51.7 Å². The molecule has 4 nitrogen and oxygen atoms in total. The van der Waals surface area contributed by atoms with E-state index in [1.165, 1.54) is 16.8 Å². The second-order valence-electron chi connectivity index (χ2n) is 6.66. The largest absolute Gasteiger partial charge is 0.374 e. The summed E-state index contributed by atoms with van der Waals surface area (Å²) < 4.78 is 0. The van der Waals surface area contributed by atoms with Crippen molar-refractivity contribution in [2.24, 2.45) is 5.73 Å². The van der Waals surface area contributed by atoms with Gasteiger partial charge >= 0.3 is 0 Å². The number of hydrogen-bond donors (Lipinski definition) is 1. The molecule has 4 heteroatoms. The lowest BCUT2D eigenvalue weighted by molar-refractivity contribution is 0.0635. The van der Waals surface area contributed by atoms with Crippen LogP contribution in [0, 0.1) is 0 Å². The predicted molar refractivity (Wildman–Crippen MR) is 88.9 cm³/mol. The van der Waals surface area contributed by atoms with E-state index >= 15 is 0 Å². The third-order valence-corrected chi connectivity index (χ3v) is 5.12. The molecule has 1 saturated heterocycles. The van der Waals surface area contributed by atoms with Gasteiger partial charge in [-0.05, 0) is 37.6 Å². The van der Waals surface area contributed by atoms with Crippen molar-refractivity contribution < 1.29 is 0 Å². The van der Waals surface area contributed by atoms with Crippen LogP contribution >= 0.6 is 0 Å². The third-order valence-electron chi connectivity index (χ3n) is 5.12. The lowest BCUT2D eigenvalue weighted by atomic mass is 9.99. The number of piperazine rings is 1. The van der Waals surface area contributed by atoms with E-state index < -0.39 is 0 Å². The number of likely N-dealkylation sites (N-methyl/N-ethyl adjacent to an activating group) is 2. The Hall–Kier alpha value is -1.10. The Kier molecular flexibility index (Phi) is 4.20. The molecule has 2 aliphatic heterocycles. The summed E-state index contributed by atoms with van der Waals surface area (Å²) in [4.78, 5) is 7.34. The maximum atomic E-state index is 6.14. The number of fused-ring (bicyclic) bond motifs is 1. The van der Waals surface area contributed by atoms with Gasteiger partial charge in [0.2, 0.25) is 0 Å². The van der Waals surface area contributed by atoms with Gasteiger partial charge in [-0.25, -0.2) is 0 Å². The lowest BCUT2D eigenvalue weighted by Gasteiger charge is -2.42. The monoisotopic (exact) mass is 288 g/mol. The van der Waals surface area contributed by atoms with E-state index in [2.05, 4.69) is 53.9 Å². The van der Waals surface area contributed by atoms with Crippen molar-refractivity contribution in [3.63, 3.8) is 0 Å². The van der Waals surface area contributed by atoms with E-state index in [1.54, 1.807) is 0 Å². The number of hydrogen-bond acceptors (Lipinski definition) is 4. The van der Waals surface area contributed by atoms with Crippen molar-refractivity contribution in [3.05, 3.63) is 29.3 Å². The van der Waals surface area contributed by atoms with E-state index in [4.69, 9.17) is 5.73 Å². The molecular formula is C17H28N4. The Bertz CT molecular complexity index is 502. The minimum Gasteiger partial charge on any atom is -0.374 e. The summed E-state index contributed by atoms with van der Waals surface area (Å²) in [7, 11) is 4.38. The van der Waals surface area contributed by atoms with E-state index in [0.29, 0.717) is 18.6 Å². The molecule has 0 spiro atoms.